The Labute approximate surface area is 145 Å². The molecule has 3 aromatic carbocycles. The van der Waals surface area contributed by atoms with E-state index >= 15 is 0 Å². The lowest BCUT2D eigenvalue weighted by atomic mass is 9.97. The van der Waals surface area contributed by atoms with Crippen LogP contribution >= 0.6 is 0 Å². The Bertz CT molecular complexity index is 1060. The molecular weight excluding hydrogens is 312 g/mol. The van der Waals surface area contributed by atoms with Crippen LogP contribution in [0.3, 0.4) is 0 Å². The summed E-state index contributed by atoms with van der Waals surface area (Å²) in [5, 5.41) is 20.5. The molecule has 0 bridgehead atoms. The molecule has 0 aliphatic heterocycles. The average molecular weight is 328 g/mol. The first-order valence-corrected chi connectivity index (χ1v) is 7.94. The van der Waals surface area contributed by atoms with Gasteiger partial charge in [0.25, 0.3) is 0 Å². The van der Waals surface area contributed by atoms with Crippen molar-refractivity contribution in [2.45, 2.75) is 0 Å². The number of rotatable bonds is 3. The first-order valence-electron chi connectivity index (χ1n) is 7.94. The van der Waals surface area contributed by atoms with E-state index < -0.39 is 0 Å². The highest BCUT2D eigenvalue weighted by Crippen LogP contribution is 2.43. The molecule has 0 fully saturated rings. The van der Waals surface area contributed by atoms with Gasteiger partial charge in [-0.05, 0) is 42.0 Å². The molecule has 0 aliphatic rings. The van der Waals surface area contributed by atoms with Crippen LogP contribution in [0.2, 0.25) is 0 Å². The van der Waals surface area contributed by atoms with Crippen LogP contribution in [0.5, 0.6) is 11.5 Å². The number of aromatic hydroxyl groups is 2. The predicted octanol–water partition coefficient (Wildman–Crippen LogP) is 5.82. The van der Waals surface area contributed by atoms with Gasteiger partial charge in [-0.25, -0.2) is 0 Å². The van der Waals surface area contributed by atoms with Crippen LogP contribution in [0, 0.1) is 0 Å². The van der Waals surface area contributed by atoms with Crippen molar-refractivity contribution in [2.24, 2.45) is 0 Å². The van der Waals surface area contributed by atoms with E-state index in [-0.39, 0.29) is 11.5 Å². The minimum atomic E-state index is 0.164. The molecule has 3 heteroatoms. The number of phenols is 2. The number of furan rings is 1. The standard InChI is InChI=1S/C22H16O3/c1-2-14-12-18(24)13-19-20(15-6-4-3-5-7-15)22(25-21(14)19)16-8-10-17(23)11-9-16/h2-13,23-24H,1H2. The quantitative estimate of drug-likeness (QED) is 0.498. The minimum absolute atomic E-state index is 0.164. The molecule has 2 N–H and O–H groups in total. The zero-order valence-corrected chi connectivity index (χ0v) is 13.4. The van der Waals surface area contributed by atoms with E-state index in [0.717, 1.165) is 27.6 Å². The zero-order chi connectivity index (χ0) is 17.4. The van der Waals surface area contributed by atoms with Crippen LogP contribution in [-0.4, -0.2) is 10.2 Å². The second kappa shape index (κ2) is 5.87. The third-order valence-corrected chi connectivity index (χ3v) is 4.21. The lowest BCUT2D eigenvalue weighted by Gasteiger charge is -2.04. The van der Waals surface area contributed by atoms with Gasteiger partial charge in [-0.1, -0.05) is 43.0 Å². The highest BCUT2D eigenvalue weighted by Gasteiger charge is 2.20. The lowest BCUT2D eigenvalue weighted by Crippen LogP contribution is -1.81. The molecule has 4 rings (SSSR count). The Balaban J connectivity index is 2.11. The number of hydrogen-bond acceptors (Lipinski definition) is 3. The second-order valence-electron chi connectivity index (χ2n) is 5.83. The van der Waals surface area contributed by atoms with Gasteiger partial charge in [0.1, 0.15) is 22.8 Å². The monoisotopic (exact) mass is 328 g/mol. The molecule has 1 aromatic heterocycles. The summed E-state index contributed by atoms with van der Waals surface area (Å²) < 4.78 is 6.19. The molecular formula is C22H16O3. The van der Waals surface area contributed by atoms with Gasteiger partial charge in [0.05, 0.1) is 0 Å². The number of benzene rings is 3. The van der Waals surface area contributed by atoms with Crippen molar-refractivity contribution in [3.8, 4) is 33.9 Å². The first kappa shape index (κ1) is 15.1. The molecule has 0 saturated carbocycles. The van der Waals surface area contributed by atoms with Crippen molar-refractivity contribution in [1.29, 1.82) is 0 Å². The smallest absolute Gasteiger partial charge is 0.143 e. The molecule has 0 radical (unpaired) electrons. The van der Waals surface area contributed by atoms with Gasteiger partial charge < -0.3 is 14.6 Å². The molecule has 122 valence electrons. The van der Waals surface area contributed by atoms with Gasteiger partial charge in [0.2, 0.25) is 0 Å². The summed E-state index contributed by atoms with van der Waals surface area (Å²) in [6, 6.07) is 20.1. The summed E-state index contributed by atoms with van der Waals surface area (Å²) in [4.78, 5) is 0. The van der Waals surface area contributed by atoms with Crippen LogP contribution in [0.1, 0.15) is 5.56 Å². The maximum atomic E-state index is 10.1. The van der Waals surface area contributed by atoms with E-state index in [2.05, 4.69) is 6.58 Å². The van der Waals surface area contributed by atoms with Crippen LogP contribution in [0.15, 0.2) is 77.7 Å². The summed E-state index contributed by atoms with van der Waals surface area (Å²) in [6.45, 7) is 3.81. The molecule has 0 spiro atoms. The third-order valence-electron chi connectivity index (χ3n) is 4.21. The Morgan fingerprint density at radius 3 is 2.20 bits per heavy atom. The van der Waals surface area contributed by atoms with E-state index in [0.29, 0.717) is 11.3 Å². The maximum absolute atomic E-state index is 10.1. The number of phenolic OH excluding ortho intramolecular Hbond substituents is 2. The van der Waals surface area contributed by atoms with Crippen molar-refractivity contribution in [3.63, 3.8) is 0 Å². The van der Waals surface area contributed by atoms with Gasteiger partial charge in [0, 0.05) is 22.1 Å². The molecule has 3 nitrogen and oxygen atoms in total. The molecule has 0 amide bonds. The van der Waals surface area contributed by atoms with Crippen molar-refractivity contribution in [2.75, 3.05) is 0 Å². The molecule has 25 heavy (non-hydrogen) atoms. The minimum Gasteiger partial charge on any atom is -0.508 e. The highest BCUT2D eigenvalue weighted by atomic mass is 16.3. The third kappa shape index (κ3) is 2.56. The Hall–Kier alpha value is -3.46. The van der Waals surface area contributed by atoms with Crippen molar-refractivity contribution >= 4 is 17.0 Å². The average Bonchev–Trinajstić information content (AvgIpc) is 3.01. The Morgan fingerprint density at radius 2 is 1.52 bits per heavy atom. The van der Waals surface area contributed by atoms with E-state index in [9.17, 15) is 10.2 Å². The van der Waals surface area contributed by atoms with Crippen LogP contribution in [0.4, 0.5) is 0 Å². The topological polar surface area (TPSA) is 53.6 Å². The second-order valence-corrected chi connectivity index (χ2v) is 5.83. The summed E-state index contributed by atoms with van der Waals surface area (Å²) in [5.74, 6) is 1.05. The van der Waals surface area contributed by atoms with Gasteiger partial charge in [-0.3, -0.25) is 0 Å². The first-order chi connectivity index (χ1) is 12.2. The van der Waals surface area contributed by atoms with E-state index in [1.54, 1.807) is 30.3 Å². The van der Waals surface area contributed by atoms with Crippen molar-refractivity contribution < 1.29 is 14.6 Å². The maximum Gasteiger partial charge on any atom is 0.143 e. The van der Waals surface area contributed by atoms with E-state index in [1.165, 1.54) is 0 Å². The molecule has 0 atom stereocenters. The van der Waals surface area contributed by atoms with Crippen LogP contribution < -0.4 is 0 Å². The fourth-order valence-electron chi connectivity index (χ4n) is 3.07. The molecule has 1 heterocycles. The Morgan fingerprint density at radius 1 is 0.800 bits per heavy atom. The van der Waals surface area contributed by atoms with Gasteiger partial charge in [0.15, 0.2) is 0 Å². The summed E-state index contributed by atoms with van der Waals surface area (Å²) in [7, 11) is 0. The lowest BCUT2D eigenvalue weighted by molar-refractivity contribution is 0.475. The molecule has 0 aliphatic carbocycles. The van der Waals surface area contributed by atoms with E-state index in [4.69, 9.17) is 4.42 Å². The number of hydrogen-bond donors (Lipinski definition) is 2. The van der Waals surface area contributed by atoms with Gasteiger partial charge >= 0.3 is 0 Å². The van der Waals surface area contributed by atoms with Crippen LogP contribution in [-0.2, 0) is 0 Å². The van der Waals surface area contributed by atoms with Crippen LogP contribution in [0.25, 0.3) is 39.5 Å². The summed E-state index contributed by atoms with van der Waals surface area (Å²) in [5.41, 5.74) is 4.15. The van der Waals surface area contributed by atoms with E-state index in [1.807, 2.05) is 42.5 Å². The summed E-state index contributed by atoms with van der Waals surface area (Å²) in [6.07, 6.45) is 1.67. The molecule has 4 aromatic rings. The zero-order valence-electron chi connectivity index (χ0n) is 13.4. The number of fused-ring (bicyclic) bond motifs is 1. The highest BCUT2D eigenvalue weighted by molar-refractivity contribution is 6.04. The molecule has 0 unspecified atom stereocenters. The fourth-order valence-corrected chi connectivity index (χ4v) is 3.07. The molecule has 0 saturated heterocycles. The fraction of sp³-hybridized carbons (Fsp3) is 0. The normalized spacial score (nSPS) is 10.9. The Kier molecular flexibility index (Phi) is 3.55. The van der Waals surface area contributed by atoms with Crippen molar-refractivity contribution in [1.82, 2.24) is 0 Å². The van der Waals surface area contributed by atoms with Crippen molar-refractivity contribution in [3.05, 3.63) is 78.9 Å². The predicted molar refractivity (Wildman–Crippen MR) is 101 cm³/mol. The SMILES string of the molecule is C=Cc1cc(O)cc2c(-c3ccccc3)c(-c3ccc(O)cc3)oc12. The van der Waals surface area contributed by atoms with Gasteiger partial charge in [-0.15, -0.1) is 0 Å². The van der Waals surface area contributed by atoms with Gasteiger partial charge in [-0.2, -0.15) is 0 Å². The largest absolute Gasteiger partial charge is 0.508 e. The summed E-state index contributed by atoms with van der Waals surface area (Å²) >= 11 is 0.